The maximum absolute atomic E-state index is 12.3. The van der Waals surface area contributed by atoms with Gasteiger partial charge in [0.15, 0.2) is 9.84 Å². The van der Waals surface area contributed by atoms with Crippen LogP contribution < -0.4 is 4.74 Å². The third kappa shape index (κ3) is 3.27. The van der Waals surface area contributed by atoms with E-state index in [-0.39, 0.29) is 10.6 Å². The smallest absolute Gasteiger partial charge is 0.182 e. The number of ether oxygens (including phenoxy) is 1. The van der Waals surface area contributed by atoms with Crippen molar-refractivity contribution in [1.82, 2.24) is 0 Å². The van der Waals surface area contributed by atoms with Crippen molar-refractivity contribution < 1.29 is 13.2 Å². The molecule has 0 amide bonds. The number of sulfone groups is 1. The molecule has 0 atom stereocenters. The third-order valence-corrected chi connectivity index (χ3v) is 4.68. The zero-order valence-corrected chi connectivity index (χ0v) is 12.1. The summed E-state index contributed by atoms with van der Waals surface area (Å²) < 4.78 is 29.6. The summed E-state index contributed by atoms with van der Waals surface area (Å²) >= 11 is 0. The molecule has 0 aliphatic carbocycles. The number of rotatable bonds is 5. The Morgan fingerprint density at radius 2 is 1.65 bits per heavy atom. The van der Waals surface area contributed by atoms with Crippen molar-refractivity contribution in [3.8, 4) is 5.75 Å². The molecular weight excluding hydrogens is 272 g/mol. The van der Waals surface area contributed by atoms with Gasteiger partial charge in [-0.3, -0.25) is 0 Å². The summed E-state index contributed by atoms with van der Waals surface area (Å²) in [4.78, 5) is 0.274. The first-order chi connectivity index (χ1) is 9.53. The molecule has 20 heavy (non-hydrogen) atoms. The lowest BCUT2D eigenvalue weighted by Gasteiger charge is -2.08. The van der Waals surface area contributed by atoms with Crippen molar-refractivity contribution in [1.29, 1.82) is 0 Å². The van der Waals surface area contributed by atoms with Gasteiger partial charge in [-0.15, -0.1) is 0 Å². The quantitative estimate of drug-likeness (QED) is 0.848. The van der Waals surface area contributed by atoms with E-state index in [4.69, 9.17) is 4.74 Å². The second-order valence-corrected chi connectivity index (χ2v) is 6.39. The van der Waals surface area contributed by atoms with E-state index in [0.29, 0.717) is 11.3 Å². The molecular formula is C16H16O3S. The molecule has 0 aliphatic rings. The van der Waals surface area contributed by atoms with Crippen LogP contribution in [0.3, 0.4) is 0 Å². The summed E-state index contributed by atoms with van der Waals surface area (Å²) in [6, 6.07) is 15.7. The highest BCUT2D eigenvalue weighted by molar-refractivity contribution is 7.91. The summed E-state index contributed by atoms with van der Waals surface area (Å²) in [5.74, 6) is 0.536. The number of hydrogen-bond acceptors (Lipinski definition) is 3. The van der Waals surface area contributed by atoms with E-state index in [1.807, 2.05) is 30.3 Å². The highest BCUT2D eigenvalue weighted by Gasteiger charge is 2.16. The van der Waals surface area contributed by atoms with Crippen molar-refractivity contribution >= 4 is 15.4 Å². The van der Waals surface area contributed by atoms with Crippen LogP contribution in [0.5, 0.6) is 5.75 Å². The van der Waals surface area contributed by atoms with Crippen LogP contribution in [0.15, 0.2) is 66.1 Å². The Bertz CT molecular complexity index is 686. The van der Waals surface area contributed by atoms with Crippen LogP contribution in [0.4, 0.5) is 0 Å². The zero-order chi connectivity index (χ0) is 14.6. The average Bonchev–Trinajstić information content (AvgIpc) is 2.48. The molecule has 0 radical (unpaired) electrons. The maximum atomic E-state index is 12.3. The predicted octanol–water partition coefficient (Wildman–Crippen LogP) is 3.18. The van der Waals surface area contributed by atoms with Gasteiger partial charge in [-0.1, -0.05) is 36.9 Å². The van der Waals surface area contributed by atoms with Gasteiger partial charge in [-0.25, -0.2) is 8.42 Å². The molecule has 0 aliphatic heterocycles. The number of benzene rings is 2. The van der Waals surface area contributed by atoms with E-state index in [1.54, 1.807) is 31.4 Å². The van der Waals surface area contributed by atoms with E-state index >= 15 is 0 Å². The second-order valence-electron chi connectivity index (χ2n) is 4.40. The first-order valence-electron chi connectivity index (χ1n) is 6.13. The van der Waals surface area contributed by atoms with Crippen molar-refractivity contribution in [2.45, 2.75) is 4.90 Å². The normalized spacial score (nSPS) is 11.1. The summed E-state index contributed by atoms with van der Waals surface area (Å²) in [6.07, 6.45) is 0. The summed E-state index contributed by atoms with van der Waals surface area (Å²) in [7, 11) is -1.85. The predicted molar refractivity (Wildman–Crippen MR) is 80.5 cm³/mol. The molecule has 0 saturated carbocycles. The molecule has 2 aromatic carbocycles. The van der Waals surface area contributed by atoms with Crippen LogP contribution in [0, 0.1) is 0 Å². The lowest BCUT2D eigenvalue weighted by Crippen LogP contribution is -2.08. The molecule has 0 saturated heterocycles. The SMILES string of the molecule is C=C(CS(=O)(=O)c1ccc(OC)cc1)c1ccccc1. The van der Waals surface area contributed by atoms with Gasteiger partial charge in [-0.2, -0.15) is 0 Å². The Morgan fingerprint density at radius 3 is 2.20 bits per heavy atom. The van der Waals surface area contributed by atoms with Gasteiger partial charge in [0.25, 0.3) is 0 Å². The van der Waals surface area contributed by atoms with Crippen LogP contribution in [0.2, 0.25) is 0 Å². The molecule has 3 nitrogen and oxygen atoms in total. The lowest BCUT2D eigenvalue weighted by molar-refractivity contribution is 0.414. The van der Waals surface area contributed by atoms with Gasteiger partial charge < -0.3 is 4.74 Å². The molecule has 0 N–H and O–H groups in total. The van der Waals surface area contributed by atoms with Crippen LogP contribution >= 0.6 is 0 Å². The molecule has 2 rings (SSSR count). The minimum atomic E-state index is -3.39. The maximum Gasteiger partial charge on any atom is 0.182 e. The Kier molecular flexibility index (Phi) is 4.25. The largest absolute Gasteiger partial charge is 0.497 e. The lowest BCUT2D eigenvalue weighted by atomic mass is 10.1. The zero-order valence-electron chi connectivity index (χ0n) is 11.2. The van der Waals surface area contributed by atoms with Crippen LogP contribution in [0.1, 0.15) is 5.56 Å². The third-order valence-electron chi connectivity index (χ3n) is 2.96. The Balaban J connectivity index is 2.20. The Labute approximate surface area is 119 Å². The van der Waals surface area contributed by atoms with Gasteiger partial charge in [-0.05, 0) is 35.4 Å². The fraction of sp³-hybridized carbons (Fsp3) is 0.125. The number of hydrogen-bond donors (Lipinski definition) is 0. The highest BCUT2D eigenvalue weighted by Crippen LogP contribution is 2.21. The standard InChI is InChI=1S/C16H16O3S/c1-13(14-6-4-3-5-7-14)12-20(17,18)16-10-8-15(19-2)9-11-16/h3-11H,1,12H2,2H3. The molecule has 2 aromatic rings. The van der Waals surface area contributed by atoms with E-state index in [2.05, 4.69) is 6.58 Å². The van der Waals surface area contributed by atoms with Gasteiger partial charge in [0, 0.05) is 0 Å². The molecule has 0 spiro atoms. The summed E-state index contributed by atoms with van der Waals surface area (Å²) in [5.41, 5.74) is 1.42. The van der Waals surface area contributed by atoms with Crippen LogP contribution in [0.25, 0.3) is 5.57 Å². The molecule has 0 bridgehead atoms. The topological polar surface area (TPSA) is 43.4 Å². The molecule has 0 unspecified atom stereocenters. The van der Waals surface area contributed by atoms with Crippen molar-refractivity contribution in [2.75, 3.05) is 12.9 Å². The molecule has 0 heterocycles. The van der Waals surface area contributed by atoms with Gasteiger partial charge in [0.2, 0.25) is 0 Å². The van der Waals surface area contributed by atoms with Crippen molar-refractivity contribution in [3.05, 3.63) is 66.7 Å². The molecule has 4 heteroatoms. The second kappa shape index (κ2) is 5.92. The Hall–Kier alpha value is -2.07. The minimum Gasteiger partial charge on any atom is -0.497 e. The van der Waals surface area contributed by atoms with Crippen LogP contribution in [-0.2, 0) is 9.84 Å². The fourth-order valence-corrected chi connectivity index (χ4v) is 3.20. The van der Waals surface area contributed by atoms with E-state index in [1.165, 1.54) is 0 Å². The Morgan fingerprint density at radius 1 is 1.05 bits per heavy atom. The van der Waals surface area contributed by atoms with Gasteiger partial charge in [0.1, 0.15) is 5.75 Å². The average molecular weight is 288 g/mol. The number of methoxy groups -OCH3 is 1. The van der Waals surface area contributed by atoms with E-state index in [0.717, 1.165) is 5.56 Å². The van der Waals surface area contributed by atoms with Gasteiger partial charge >= 0.3 is 0 Å². The first-order valence-corrected chi connectivity index (χ1v) is 7.78. The van der Waals surface area contributed by atoms with Crippen LogP contribution in [-0.4, -0.2) is 21.3 Å². The molecule has 104 valence electrons. The van der Waals surface area contributed by atoms with Crippen molar-refractivity contribution in [2.24, 2.45) is 0 Å². The summed E-state index contributed by atoms with van der Waals surface area (Å²) in [5, 5.41) is 0. The van der Waals surface area contributed by atoms with Crippen molar-refractivity contribution in [3.63, 3.8) is 0 Å². The monoisotopic (exact) mass is 288 g/mol. The highest BCUT2D eigenvalue weighted by atomic mass is 32.2. The molecule has 0 aromatic heterocycles. The van der Waals surface area contributed by atoms with E-state index < -0.39 is 9.84 Å². The fourth-order valence-electron chi connectivity index (χ4n) is 1.85. The minimum absolute atomic E-state index is 0.0939. The molecule has 0 fully saturated rings. The van der Waals surface area contributed by atoms with E-state index in [9.17, 15) is 8.42 Å². The van der Waals surface area contributed by atoms with Gasteiger partial charge in [0.05, 0.1) is 17.8 Å². The first kappa shape index (κ1) is 14.3. The summed E-state index contributed by atoms with van der Waals surface area (Å²) in [6.45, 7) is 3.87.